The Bertz CT molecular complexity index is 1420. The number of hydrogen-bond acceptors (Lipinski definition) is 6. The zero-order valence-electron chi connectivity index (χ0n) is 48.8. The van der Waals surface area contributed by atoms with E-state index in [4.69, 9.17) is 14.2 Å². The molecule has 6 nitrogen and oxygen atoms in total. The second-order valence-corrected chi connectivity index (χ2v) is 20.9. The van der Waals surface area contributed by atoms with E-state index >= 15 is 0 Å². The van der Waals surface area contributed by atoms with E-state index in [2.05, 4.69) is 106 Å². The fourth-order valence-electron chi connectivity index (χ4n) is 8.91. The lowest BCUT2D eigenvalue weighted by molar-refractivity contribution is -0.167. The van der Waals surface area contributed by atoms with Crippen LogP contribution in [0.3, 0.4) is 0 Å². The molecule has 0 rings (SSSR count). The molecule has 0 aromatic rings. The van der Waals surface area contributed by atoms with Gasteiger partial charge in [-0.3, -0.25) is 14.4 Å². The molecule has 426 valence electrons. The smallest absolute Gasteiger partial charge is 0.306 e. The molecular formula is C68H118O6. The summed E-state index contributed by atoms with van der Waals surface area (Å²) < 4.78 is 16.8. The van der Waals surface area contributed by atoms with Crippen LogP contribution in [0.5, 0.6) is 0 Å². The fraction of sp³-hybridized carbons (Fsp3) is 0.750. The van der Waals surface area contributed by atoms with Gasteiger partial charge in [0.1, 0.15) is 13.2 Å². The van der Waals surface area contributed by atoms with Crippen LogP contribution >= 0.6 is 0 Å². The minimum atomic E-state index is -0.775. The largest absolute Gasteiger partial charge is 0.462 e. The Labute approximate surface area is 458 Å². The first-order valence-electron chi connectivity index (χ1n) is 31.6. The lowest BCUT2D eigenvalue weighted by Crippen LogP contribution is -2.30. The van der Waals surface area contributed by atoms with E-state index in [0.29, 0.717) is 19.3 Å². The van der Waals surface area contributed by atoms with Crippen molar-refractivity contribution in [2.45, 2.75) is 316 Å². The fourth-order valence-corrected chi connectivity index (χ4v) is 8.91. The quantitative estimate of drug-likeness (QED) is 0.0261. The van der Waals surface area contributed by atoms with Crippen molar-refractivity contribution in [3.05, 3.63) is 85.1 Å². The van der Waals surface area contributed by atoms with Gasteiger partial charge in [0.2, 0.25) is 0 Å². The third kappa shape index (κ3) is 59.5. The monoisotopic (exact) mass is 1030 g/mol. The molecule has 0 aliphatic heterocycles. The molecule has 0 aromatic carbocycles. The van der Waals surface area contributed by atoms with Crippen molar-refractivity contribution in [2.24, 2.45) is 0 Å². The highest BCUT2D eigenvalue weighted by Crippen LogP contribution is 2.17. The molecule has 0 heterocycles. The molecule has 74 heavy (non-hydrogen) atoms. The van der Waals surface area contributed by atoms with Crippen molar-refractivity contribution in [2.75, 3.05) is 13.2 Å². The summed E-state index contributed by atoms with van der Waals surface area (Å²) in [6, 6.07) is 0. The van der Waals surface area contributed by atoms with Gasteiger partial charge >= 0.3 is 17.9 Å². The minimum Gasteiger partial charge on any atom is -0.462 e. The maximum atomic E-state index is 12.8. The van der Waals surface area contributed by atoms with Crippen molar-refractivity contribution in [1.82, 2.24) is 0 Å². The lowest BCUT2D eigenvalue weighted by atomic mass is 10.0. The molecule has 0 saturated heterocycles. The van der Waals surface area contributed by atoms with Crippen LogP contribution in [0.2, 0.25) is 0 Å². The normalized spacial score (nSPS) is 12.6. The summed E-state index contributed by atoms with van der Waals surface area (Å²) in [6.07, 6.45) is 82.0. The SMILES string of the molecule is CC/C=C\C/C=C\C/C=C\C/C=C\C/C=C\CCCCCCCCCCCCCCCCCCCC(=O)OCC(COC(=O)CCCCCCCC)OC(=O)CCCCCCCCC/C=C\C/C=C\CCCCC. The molecular weight excluding hydrogens is 913 g/mol. The molecule has 6 heteroatoms. The number of unbranched alkanes of at least 4 members (excludes halogenated alkanes) is 32. The van der Waals surface area contributed by atoms with Gasteiger partial charge in [-0.15, -0.1) is 0 Å². The summed E-state index contributed by atoms with van der Waals surface area (Å²) in [4.78, 5) is 37.9. The van der Waals surface area contributed by atoms with Crippen LogP contribution in [0.25, 0.3) is 0 Å². The van der Waals surface area contributed by atoms with E-state index < -0.39 is 6.10 Å². The Morgan fingerprint density at radius 2 is 0.527 bits per heavy atom. The summed E-state index contributed by atoms with van der Waals surface area (Å²) in [6.45, 7) is 6.46. The van der Waals surface area contributed by atoms with Crippen LogP contribution in [0.1, 0.15) is 310 Å². The van der Waals surface area contributed by atoms with E-state index in [-0.39, 0.29) is 31.1 Å². The summed E-state index contributed by atoms with van der Waals surface area (Å²) in [5.41, 5.74) is 0. The number of hydrogen-bond donors (Lipinski definition) is 0. The average molecular weight is 1030 g/mol. The second kappa shape index (κ2) is 62.1. The van der Waals surface area contributed by atoms with Crippen molar-refractivity contribution in [3.63, 3.8) is 0 Å². The van der Waals surface area contributed by atoms with Crippen molar-refractivity contribution < 1.29 is 28.6 Å². The Morgan fingerprint density at radius 3 is 0.851 bits per heavy atom. The van der Waals surface area contributed by atoms with Gasteiger partial charge in [0.05, 0.1) is 0 Å². The molecule has 0 bridgehead atoms. The Kier molecular flexibility index (Phi) is 59.3. The highest BCUT2D eigenvalue weighted by molar-refractivity contribution is 5.71. The summed E-state index contributed by atoms with van der Waals surface area (Å²) in [7, 11) is 0. The molecule has 1 unspecified atom stereocenters. The molecule has 0 fully saturated rings. The first kappa shape index (κ1) is 70.6. The molecule has 0 aliphatic rings. The van der Waals surface area contributed by atoms with Gasteiger partial charge in [-0.05, 0) is 96.3 Å². The minimum absolute atomic E-state index is 0.0761. The predicted molar refractivity (Wildman–Crippen MR) is 321 cm³/mol. The molecule has 1 atom stereocenters. The lowest BCUT2D eigenvalue weighted by Gasteiger charge is -2.18. The third-order valence-corrected chi connectivity index (χ3v) is 13.6. The molecule has 0 radical (unpaired) electrons. The molecule has 0 saturated carbocycles. The van der Waals surface area contributed by atoms with Crippen LogP contribution in [0, 0.1) is 0 Å². The number of ether oxygens (including phenoxy) is 3. The van der Waals surface area contributed by atoms with E-state index in [1.54, 1.807) is 0 Å². The molecule has 0 N–H and O–H groups in total. The molecule has 0 aliphatic carbocycles. The van der Waals surface area contributed by atoms with Crippen LogP contribution in [-0.2, 0) is 28.6 Å². The van der Waals surface area contributed by atoms with E-state index in [0.717, 1.165) is 103 Å². The van der Waals surface area contributed by atoms with Crippen LogP contribution < -0.4 is 0 Å². The number of allylic oxidation sites excluding steroid dienone is 14. The third-order valence-electron chi connectivity index (χ3n) is 13.6. The molecule has 0 amide bonds. The topological polar surface area (TPSA) is 78.9 Å². The van der Waals surface area contributed by atoms with E-state index in [9.17, 15) is 14.4 Å². The Balaban J connectivity index is 4.00. The van der Waals surface area contributed by atoms with Gasteiger partial charge < -0.3 is 14.2 Å². The number of esters is 3. The van der Waals surface area contributed by atoms with Crippen molar-refractivity contribution >= 4 is 17.9 Å². The summed E-state index contributed by atoms with van der Waals surface area (Å²) in [5, 5.41) is 0. The van der Waals surface area contributed by atoms with Gasteiger partial charge in [-0.2, -0.15) is 0 Å². The Hall–Kier alpha value is -3.41. The zero-order valence-corrected chi connectivity index (χ0v) is 48.8. The first-order chi connectivity index (χ1) is 36.5. The molecule has 0 spiro atoms. The van der Waals surface area contributed by atoms with E-state index in [1.807, 2.05) is 0 Å². The highest BCUT2D eigenvalue weighted by atomic mass is 16.6. The van der Waals surface area contributed by atoms with Crippen LogP contribution in [0.4, 0.5) is 0 Å². The summed E-state index contributed by atoms with van der Waals surface area (Å²) >= 11 is 0. The van der Waals surface area contributed by atoms with E-state index in [1.165, 1.54) is 167 Å². The molecule has 0 aromatic heterocycles. The second-order valence-electron chi connectivity index (χ2n) is 20.9. The number of carbonyl (C=O) groups excluding carboxylic acids is 3. The van der Waals surface area contributed by atoms with Gasteiger partial charge in [0.25, 0.3) is 0 Å². The standard InChI is InChI=1S/C68H118O6/c1-4-7-10-13-16-18-20-22-24-26-27-28-29-30-31-32-33-34-35-36-37-38-39-40-41-43-44-46-48-50-52-55-58-61-67(70)73-64-65(63-72-66(69)60-57-54-15-12-9-6-3)74-68(71)62-59-56-53-51-49-47-45-42-25-23-21-19-17-14-11-8-5-2/h7,10,16-19,22-25,27-28,30-31,65H,4-6,8-9,11-15,20-21,26,29,32-64H2,1-3H3/b10-7-,18-16-,19-17-,24-22-,25-23-,28-27-,31-30-. The maximum Gasteiger partial charge on any atom is 0.306 e. The maximum absolute atomic E-state index is 12.8. The number of rotatable bonds is 57. The summed E-state index contributed by atoms with van der Waals surface area (Å²) in [5.74, 6) is -0.883. The predicted octanol–water partition coefficient (Wildman–Crippen LogP) is 21.5. The van der Waals surface area contributed by atoms with Gasteiger partial charge in [-0.1, -0.05) is 279 Å². The van der Waals surface area contributed by atoms with Gasteiger partial charge in [0.15, 0.2) is 6.10 Å². The highest BCUT2D eigenvalue weighted by Gasteiger charge is 2.19. The van der Waals surface area contributed by atoms with Crippen molar-refractivity contribution in [3.8, 4) is 0 Å². The van der Waals surface area contributed by atoms with Gasteiger partial charge in [0, 0.05) is 19.3 Å². The average Bonchev–Trinajstić information content (AvgIpc) is 3.40. The van der Waals surface area contributed by atoms with Crippen molar-refractivity contribution in [1.29, 1.82) is 0 Å². The van der Waals surface area contributed by atoms with Crippen LogP contribution in [-0.4, -0.2) is 37.2 Å². The van der Waals surface area contributed by atoms with Crippen LogP contribution in [0.15, 0.2) is 85.1 Å². The Morgan fingerprint density at radius 1 is 0.284 bits per heavy atom. The first-order valence-corrected chi connectivity index (χ1v) is 31.6. The van der Waals surface area contributed by atoms with Gasteiger partial charge in [-0.25, -0.2) is 0 Å². The number of carbonyl (C=O) groups is 3. The zero-order chi connectivity index (χ0) is 53.6.